The van der Waals surface area contributed by atoms with E-state index in [2.05, 4.69) is 36.9 Å². The molecule has 0 aromatic carbocycles. The first-order chi connectivity index (χ1) is 12.7. The number of anilines is 3. The lowest BCUT2D eigenvalue weighted by atomic mass is 10.1. The average Bonchev–Trinajstić information content (AvgIpc) is 3.04. The molecular formula is C18H21Cl2N7O. The quantitative estimate of drug-likeness (QED) is 0.497. The maximum absolute atomic E-state index is 9.41. The van der Waals surface area contributed by atoms with Crippen molar-refractivity contribution in [1.29, 1.82) is 5.26 Å². The van der Waals surface area contributed by atoms with Crippen molar-refractivity contribution in [3.05, 3.63) is 53.3 Å². The smallest absolute Gasteiger partial charge is 0.213 e. The summed E-state index contributed by atoms with van der Waals surface area (Å²) in [7, 11) is 0. The molecule has 0 radical (unpaired) electrons. The minimum absolute atomic E-state index is 0. The lowest BCUT2D eigenvalue weighted by Crippen LogP contribution is -2.14. The number of ether oxygens (including phenoxy) is 1. The van der Waals surface area contributed by atoms with Gasteiger partial charge in [-0.05, 0) is 31.5 Å². The number of rotatable bonds is 7. The fraction of sp³-hybridized carbons (Fsp3) is 0.222. The van der Waals surface area contributed by atoms with E-state index in [1.807, 2.05) is 38.1 Å². The molecule has 0 saturated carbocycles. The molecule has 28 heavy (non-hydrogen) atoms. The number of aryl methyl sites for hydroxylation is 2. The topological polar surface area (TPSA) is 112 Å². The standard InChI is InChI=1S/C18H19N7O.2ClH/c1-12-9-15(22-16-10-13(2)24-25-16)23-18(14(12)11-19)21-7-8-26-17-5-3-4-6-20-17;;/h3-6,9-10H,7-8H2,1-2H3,(H3,21,22,23,24,25);2*1H. The van der Waals surface area contributed by atoms with Gasteiger partial charge in [-0.3, -0.25) is 5.10 Å². The van der Waals surface area contributed by atoms with Crippen LogP contribution in [0.2, 0.25) is 0 Å². The molecule has 0 atom stereocenters. The number of halogens is 2. The number of aromatic amines is 1. The number of H-pyrrole nitrogens is 1. The Labute approximate surface area is 175 Å². The third kappa shape index (κ3) is 6.01. The Bertz CT molecular complexity index is 925. The minimum atomic E-state index is 0. The first-order valence-electron chi connectivity index (χ1n) is 8.14. The van der Waals surface area contributed by atoms with Crippen LogP contribution in [0.25, 0.3) is 0 Å². The van der Waals surface area contributed by atoms with Crippen molar-refractivity contribution >= 4 is 42.3 Å². The zero-order chi connectivity index (χ0) is 18.4. The molecule has 0 unspecified atom stereocenters. The van der Waals surface area contributed by atoms with Crippen molar-refractivity contribution in [3.63, 3.8) is 0 Å². The molecule has 0 aliphatic rings. The van der Waals surface area contributed by atoms with Gasteiger partial charge in [0.2, 0.25) is 5.88 Å². The molecule has 8 nitrogen and oxygen atoms in total. The summed E-state index contributed by atoms with van der Waals surface area (Å²) >= 11 is 0. The number of nitrogens with one attached hydrogen (secondary N) is 3. The van der Waals surface area contributed by atoms with E-state index in [4.69, 9.17) is 4.74 Å². The van der Waals surface area contributed by atoms with Gasteiger partial charge in [0.15, 0.2) is 5.82 Å². The van der Waals surface area contributed by atoms with Crippen LogP contribution in [0.1, 0.15) is 16.8 Å². The highest BCUT2D eigenvalue weighted by Gasteiger charge is 2.11. The SMILES string of the molecule is Cc1cc(Nc2cc(C)c(C#N)c(NCCOc3ccccn3)n2)n[nH]1.Cl.Cl. The van der Waals surface area contributed by atoms with Crippen molar-refractivity contribution in [2.45, 2.75) is 13.8 Å². The molecule has 3 N–H and O–H groups in total. The van der Waals surface area contributed by atoms with Crippen LogP contribution in [0.4, 0.5) is 17.5 Å². The van der Waals surface area contributed by atoms with Crippen molar-refractivity contribution in [3.8, 4) is 11.9 Å². The molecule has 3 rings (SSSR count). The summed E-state index contributed by atoms with van der Waals surface area (Å²) in [6, 6.07) is 11.4. The highest BCUT2D eigenvalue weighted by atomic mass is 35.5. The first-order valence-corrected chi connectivity index (χ1v) is 8.14. The summed E-state index contributed by atoms with van der Waals surface area (Å²) in [5.74, 6) is 2.35. The molecule has 3 aromatic rings. The number of hydrogen-bond donors (Lipinski definition) is 3. The molecule has 0 amide bonds. The molecule has 0 bridgehead atoms. The molecule has 0 fully saturated rings. The van der Waals surface area contributed by atoms with E-state index in [0.29, 0.717) is 42.0 Å². The molecule has 10 heteroatoms. The molecule has 0 saturated heterocycles. The Balaban J connectivity index is 0.00000196. The zero-order valence-corrected chi connectivity index (χ0v) is 17.0. The fourth-order valence-electron chi connectivity index (χ4n) is 2.38. The molecular weight excluding hydrogens is 401 g/mol. The summed E-state index contributed by atoms with van der Waals surface area (Å²) in [5.41, 5.74) is 2.28. The Kier molecular flexibility index (Phi) is 9.02. The van der Waals surface area contributed by atoms with Gasteiger partial charge in [0.1, 0.15) is 24.3 Å². The van der Waals surface area contributed by atoms with E-state index < -0.39 is 0 Å². The summed E-state index contributed by atoms with van der Waals surface area (Å²) in [6.45, 7) is 4.68. The van der Waals surface area contributed by atoms with E-state index in [-0.39, 0.29) is 24.8 Å². The van der Waals surface area contributed by atoms with Crippen molar-refractivity contribution in [2.24, 2.45) is 0 Å². The highest BCUT2D eigenvalue weighted by molar-refractivity contribution is 5.85. The summed E-state index contributed by atoms with van der Waals surface area (Å²) in [6.07, 6.45) is 1.67. The van der Waals surface area contributed by atoms with Crippen LogP contribution in [-0.2, 0) is 0 Å². The van der Waals surface area contributed by atoms with E-state index >= 15 is 0 Å². The van der Waals surface area contributed by atoms with E-state index in [1.54, 1.807) is 12.3 Å². The highest BCUT2D eigenvalue weighted by Crippen LogP contribution is 2.22. The van der Waals surface area contributed by atoms with E-state index in [1.165, 1.54) is 0 Å². The van der Waals surface area contributed by atoms with Gasteiger partial charge in [0.05, 0.1) is 12.1 Å². The lowest BCUT2D eigenvalue weighted by molar-refractivity contribution is 0.320. The number of pyridine rings is 2. The van der Waals surface area contributed by atoms with Crippen molar-refractivity contribution < 1.29 is 4.74 Å². The molecule has 148 valence electrons. The van der Waals surface area contributed by atoms with Crippen LogP contribution in [0, 0.1) is 25.2 Å². The van der Waals surface area contributed by atoms with Crippen LogP contribution in [0.15, 0.2) is 36.5 Å². The first kappa shape index (κ1) is 23.0. The van der Waals surface area contributed by atoms with Crippen LogP contribution in [0.5, 0.6) is 5.88 Å². The fourth-order valence-corrected chi connectivity index (χ4v) is 2.38. The summed E-state index contributed by atoms with van der Waals surface area (Å²) in [5, 5.41) is 22.7. The second-order valence-electron chi connectivity index (χ2n) is 5.66. The number of hydrogen-bond acceptors (Lipinski definition) is 7. The Morgan fingerprint density at radius 2 is 2.00 bits per heavy atom. The lowest BCUT2D eigenvalue weighted by Gasteiger charge is -2.12. The number of nitrogens with zero attached hydrogens (tertiary/aromatic N) is 4. The second kappa shape index (κ2) is 11.0. The van der Waals surface area contributed by atoms with Crippen LogP contribution >= 0.6 is 24.8 Å². The van der Waals surface area contributed by atoms with Gasteiger partial charge in [-0.1, -0.05) is 6.07 Å². The second-order valence-corrected chi connectivity index (χ2v) is 5.66. The molecule has 3 aromatic heterocycles. The van der Waals surface area contributed by atoms with E-state index in [0.717, 1.165) is 11.3 Å². The van der Waals surface area contributed by atoms with Gasteiger partial charge in [-0.15, -0.1) is 24.8 Å². The minimum Gasteiger partial charge on any atom is -0.476 e. The van der Waals surface area contributed by atoms with Gasteiger partial charge < -0.3 is 15.4 Å². The third-order valence-corrected chi connectivity index (χ3v) is 3.57. The number of aromatic nitrogens is 4. The van der Waals surface area contributed by atoms with E-state index in [9.17, 15) is 5.26 Å². The summed E-state index contributed by atoms with van der Waals surface area (Å²) in [4.78, 5) is 8.58. The molecule has 3 heterocycles. The zero-order valence-electron chi connectivity index (χ0n) is 15.4. The van der Waals surface area contributed by atoms with Crippen molar-refractivity contribution in [1.82, 2.24) is 20.2 Å². The Morgan fingerprint density at radius 1 is 1.18 bits per heavy atom. The van der Waals surface area contributed by atoms with Gasteiger partial charge in [0.25, 0.3) is 0 Å². The predicted molar refractivity (Wildman–Crippen MR) is 113 cm³/mol. The molecule has 0 spiro atoms. The van der Waals surface area contributed by atoms with Crippen LogP contribution < -0.4 is 15.4 Å². The van der Waals surface area contributed by atoms with Crippen molar-refractivity contribution in [2.75, 3.05) is 23.8 Å². The Morgan fingerprint density at radius 3 is 2.64 bits per heavy atom. The predicted octanol–water partition coefficient (Wildman–Crippen LogP) is 3.77. The number of nitriles is 1. The third-order valence-electron chi connectivity index (χ3n) is 3.57. The molecule has 0 aliphatic heterocycles. The van der Waals surface area contributed by atoms with Gasteiger partial charge >= 0.3 is 0 Å². The maximum atomic E-state index is 9.41. The van der Waals surface area contributed by atoms with Gasteiger partial charge in [0, 0.05) is 24.0 Å². The Hall–Kier alpha value is -3.02. The average molecular weight is 422 g/mol. The monoisotopic (exact) mass is 421 g/mol. The van der Waals surface area contributed by atoms with Gasteiger partial charge in [-0.25, -0.2) is 9.97 Å². The summed E-state index contributed by atoms with van der Waals surface area (Å²) < 4.78 is 5.55. The molecule has 0 aliphatic carbocycles. The maximum Gasteiger partial charge on any atom is 0.213 e. The van der Waals surface area contributed by atoms with Gasteiger partial charge in [-0.2, -0.15) is 10.4 Å². The van der Waals surface area contributed by atoms with Crippen LogP contribution in [-0.4, -0.2) is 33.3 Å². The largest absolute Gasteiger partial charge is 0.476 e. The van der Waals surface area contributed by atoms with Crippen LogP contribution in [0.3, 0.4) is 0 Å². The normalized spacial score (nSPS) is 9.46.